The third kappa shape index (κ3) is 3.77. The molecule has 1 saturated heterocycles. The largest absolute Gasteiger partial charge is 0.333 e. The van der Waals surface area contributed by atoms with Crippen LogP contribution in [0.15, 0.2) is 54.6 Å². The molecule has 1 amide bonds. The number of amides is 1. The molecule has 120 valence electrons. The van der Waals surface area contributed by atoms with Crippen LogP contribution in [0.1, 0.15) is 17.2 Å². The first-order valence-corrected chi connectivity index (χ1v) is 7.91. The van der Waals surface area contributed by atoms with Gasteiger partial charge in [-0.1, -0.05) is 42.5 Å². The molecule has 0 spiro atoms. The minimum atomic E-state index is -0.298. The van der Waals surface area contributed by atoms with Gasteiger partial charge in [-0.15, -0.1) is 0 Å². The number of nitrogens with zero attached hydrogens (tertiary/aromatic N) is 2. The van der Waals surface area contributed by atoms with Crippen LogP contribution >= 0.6 is 0 Å². The van der Waals surface area contributed by atoms with Gasteiger partial charge in [0, 0.05) is 19.6 Å². The summed E-state index contributed by atoms with van der Waals surface area (Å²) in [6.45, 7) is 2.38. The molecule has 0 N–H and O–H groups in total. The van der Waals surface area contributed by atoms with Crippen LogP contribution in [0.5, 0.6) is 0 Å². The van der Waals surface area contributed by atoms with Gasteiger partial charge in [-0.3, -0.25) is 4.79 Å². The molecule has 0 bridgehead atoms. The highest BCUT2D eigenvalue weighted by atomic mass is 19.1. The Balaban J connectivity index is 1.79. The molecule has 0 aliphatic carbocycles. The van der Waals surface area contributed by atoms with Gasteiger partial charge in [0.1, 0.15) is 5.82 Å². The Labute approximate surface area is 136 Å². The average Bonchev–Trinajstić information content (AvgIpc) is 2.55. The van der Waals surface area contributed by atoms with Crippen LogP contribution in [0, 0.1) is 5.82 Å². The van der Waals surface area contributed by atoms with E-state index in [4.69, 9.17) is 0 Å². The highest BCUT2D eigenvalue weighted by Crippen LogP contribution is 2.25. The van der Waals surface area contributed by atoms with E-state index in [2.05, 4.69) is 24.1 Å². The minimum absolute atomic E-state index is 0.0519. The van der Waals surface area contributed by atoms with E-state index in [0.717, 1.165) is 24.2 Å². The Kier molecular flexibility index (Phi) is 4.72. The van der Waals surface area contributed by atoms with Crippen molar-refractivity contribution in [3.8, 4) is 0 Å². The topological polar surface area (TPSA) is 23.6 Å². The Morgan fingerprint density at radius 3 is 2.65 bits per heavy atom. The zero-order chi connectivity index (χ0) is 16.2. The van der Waals surface area contributed by atoms with Crippen molar-refractivity contribution in [2.24, 2.45) is 0 Å². The number of piperazine rings is 1. The summed E-state index contributed by atoms with van der Waals surface area (Å²) < 4.78 is 13.3. The molecule has 0 unspecified atom stereocenters. The lowest BCUT2D eigenvalue weighted by molar-refractivity contribution is -0.135. The van der Waals surface area contributed by atoms with Crippen LogP contribution in [-0.4, -0.2) is 42.4 Å². The first-order chi connectivity index (χ1) is 11.1. The molecule has 23 heavy (non-hydrogen) atoms. The zero-order valence-electron chi connectivity index (χ0n) is 13.3. The maximum Gasteiger partial charge on any atom is 0.227 e. The molecule has 3 nitrogen and oxygen atoms in total. The number of rotatable bonds is 3. The van der Waals surface area contributed by atoms with Gasteiger partial charge in [0.25, 0.3) is 0 Å². The fraction of sp³-hybridized carbons (Fsp3) is 0.316. The van der Waals surface area contributed by atoms with Crippen molar-refractivity contribution in [1.29, 1.82) is 0 Å². The third-order valence-electron chi connectivity index (χ3n) is 4.33. The Bertz CT molecular complexity index is 674. The molecule has 0 radical (unpaired) electrons. The zero-order valence-corrected chi connectivity index (χ0v) is 13.3. The lowest BCUT2D eigenvalue weighted by Gasteiger charge is -2.40. The van der Waals surface area contributed by atoms with Gasteiger partial charge in [0.05, 0.1) is 12.5 Å². The van der Waals surface area contributed by atoms with Gasteiger partial charge in [-0.05, 0) is 30.3 Å². The van der Waals surface area contributed by atoms with E-state index >= 15 is 0 Å². The van der Waals surface area contributed by atoms with Crippen molar-refractivity contribution in [1.82, 2.24) is 9.80 Å². The number of likely N-dealkylation sites (N-methyl/N-ethyl adjacent to an activating group) is 1. The second-order valence-corrected chi connectivity index (χ2v) is 6.08. The van der Waals surface area contributed by atoms with E-state index in [1.165, 1.54) is 12.1 Å². The Hall–Kier alpha value is -2.20. The second kappa shape index (κ2) is 6.92. The van der Waals surface area contributed by atoms with Crippen LogP contribution in [0.2, 0.25) is 0 Å². The summed E-state index contributed by atoms with van der Waals surface area (Å²) in [5, 5.41) is 0. The maximum atomic E-state index is 13.3. The number of hydrogen-bond acceptors (Lipinski definition) is 2. The van der Waals surface area contributed by atoms with Gasteiger partial charge in [-0.2, -0.15) is 0 Å². The SMILES string of the molecule is CN1CCN(C(=O)Cc2cccc(F)c2)[C@H](c2ccccc2)C1. The van der Waals surface area contributed by atoms with Crippen LogP contribution in [-0.2, 0) is 11.2 Å². The molecule has 3 rings (SSSR count). The molecule has 1 fully saturated rings. The summed E-state index contributed by atoms with van der Waals surface area (Å²) in [5.74, 6) is -0.245. The monoisotopic (exact) mass is 312 g/mol. The molecular formula is C19H21FN2O. The molecule has 0 aromatic heterocycles. The molecule has 1 heterocycles. The molecule has 0 saturated carbocycles. The standard InChI is InChI=1S/C19H21FN2O/c1-21-10-11-22(18(14-21)16-7-3-2-4-8-16)19(23)13-15-6-5-9-17(20)12-15/h2-9,12,18H,10-11,13-14H2,1H3/t18-/m0/s1. The molecule has 2 aromatic rings. The van der Waals surface area contributed by atoms with E-state index in [-0.39, 0.29) is 24.2 Å². The van der Waals surface area contributed by atoms with Crippen molar-refractivity contribution >= 4 is 5.91 Å². The molecule has 4 heteroatoms. The van der Waals surface area contributed by atoms with E-state index < -0.39 is 0 Å². The lowest BCUT2D eigenvalue weighted by atomic mass is 10.0. The fourth-order valence-corrected chi connectivity index (χ4v) is 3.10. The summed E-state index contributed by atoms with van der Waals surface area (Å²) in [7, 11) is 2.07. The second-order valence-electron chi connectivity index (χ2n) is 6.08. The molecule has 1 aliphatic heterocycles. The third-order valence-corrected chi connectivity index (χ3v) is 4.33. The number of benzene rings is 2. The van der Waals surface area contributed by atoms with Gasteiger partial charge in [-0.25, -0.2) is 4.39 Å². The normalized spacial score (nSPS) is 18.9. The van der Waals surface area contributed by atoms with E-state index in [9.17, 15) is 9.18 Å². The lowest BCUT2D eigenvalue weighted by Crippen LogP contribution is -2.49. The summed E-state index contributed by atoms with van der Waals surface area (Å²) in [6.07, 6.45) is 0.241. The van der Waals surface area contributed by atoms with Gasteiger partial charge < -0.3 is 9.80 Å². The highest BCUT2D eigenvalue weighted by Gasteiger charge is 2.29. The van der Waals surface area contributed by atoms with E-state index in [0.29, 0.717) is 6.54 Å². The molecule has 1 atom stereocenters. The average molecular weight is 312 g/mol. The van der Waals surface area contributed by atoms with E-state index in [1.54, 1.807) is 12.1 Å². The first-order valence-electron chi connectivity index (χ1n) is 7.91. The number of carbonyl (C=O) groups excluding carboxylic acids is 1. The van der Waals surface area contributed by atoms with Gasteiger partial charge in [0.15, 0.2) is 0 Å². The van der Waals surface area contributed by atoms with E-state index in [1.807, 2.05) is 23.1 Å². The molecule has 2 aromatic carbocycles. The van der Waals surface area contributed by atoms with Crippen LogP contribution in [0.3, 0.4) is 0 Å². The highest BCUT2D eigenvalue weighted by molar-refractivity contribution is 5.79. The predicted molar refractivity (Wildman–Crippen MR) is 88.5 cm³/mol. The summed E-state index contributed by atoms with van der Waals surface area (Å²) in [6, 6.07) is 16.4. The Morgan fingerprint density at radius 2 is 1.91 bits per heavy atom. The quantitative estimate of drug-likeness (QED) is 0.870. The molecular weight excluding hydrogens is 291 g/mol. The summed E-state index contributed by atoms with van der Waals surface area (Å²) >= 11 is 0. The van der Waals surface area contributed by atoms with Crippen molar-refractivity contribution in [2.75, 3.05) is 26.7 Å². The van der Waals surface area contributed by atoms with Crippen molar-refractivity contribution in [3.63, 3.8) is 0 Å². The summed E-state index contributed by atoms with van der Waals surface area (Å²) in [4.78, 5) is 16.9. The number of carbonyl (C=O) groups is 1. The fourth-order valence-electron chi connectivity index (χ4n) is 3.10. The van der Waals surface area contributed by atoms with Crippen molar-refractivity contribution in [2.45, 2.75) is 12.5 Å². The predicted octanol–water partition coefficient (Wildman–Crippen LogP) is 2.88. The van der Waals surface area contributed by atoms with Crippen LogP contribution in [0.4, 0.5) is 4.39 Å². The van der Waals surface area contributed by atoms with Crippen molar-refractivity contribution in [3.05, 3.63) is 71.5 Å². The number of halogens is 1. The van der Waals surface area contributed by atoms with Crippen LogP contribution < -0.4 is 0 Å². The first kappa shape index (κ1) is 15.7. The smallest absolute Gasteiger partial charge is 0.227 e. The van der Waals surface area contributed by atoms with Crippen molar-refractivity contribution < 1.29 is 9.18 Å². The van der Waals surface area contributed by atoms with Gasteiger partial charge >= 0.3 is 0 Å². The Morgan fingerprint density at radius 1 is 1.13 bits per heavy atom. The molecule has 1 aliphatic rings. The summed E-state index contributed by atoms with van der Waals surface area (Å²) in [5.41, 5.74) is 1.87. The van der Waals surface area contributed by atoms with Crippen LogP contribution in [0.25, 0.3) is 0 Å². The minimum Gasteiger partial charge on any atom is -0.333 e. The maximum absolute atomic E-state index is 13.3. The number of hydrogen-bond donors (Lipinski definition) is 0. The van der Waals surface area contributed by atoms with Gasteiger partial charge in [0.2, 0.25) is 5.91 Å².